The van der Waals surface area contributed by atoms with Crippen molar-refractivity contribution in [3.63, 3.8) is 0 Å². The summed E-state index contributed by atoms with van der Waals surface area (Å²) in [6.45, 7) is 0.814. The number of H-pyrrole nitrogens is 1. The van der Waals surface area contributed by atoms with E-state index in [1.807, 2.05) is 0 Å². The summed E-state index contributed by atoms with van der Waals surface area (Å²) < 4.78 is 40.5. The number of nitrogens with one attached hydrogen (secondary N) is 2. The molecule has 0 aliphatic heterocycles. The molecule has 0 bridgehead atoms. The Morgan fingerprint density at radius 2 is 2.20 bits per heavy atom. The van der Waals surface area contributed by atoms with E-state index in [1.165, 1.54) is 6.07 Å². The topological polar surface area (TPSA) is 66.9 Å². The molecule has 0 amide bonds. The number of aryl methyl sites for hydroxylation is 1. The van der Waals surface area contributed by atoms with Crippen molar-refractivity contribution in [2.24, 2.45) is 0 Å². The van der Waals surface area contributed by atoms with Crippen LogP contribution in [0, 0.1) is 10.6 Å². The van der Waals surface area contributed by atoms with Crippen molar-refractivity contribution in [1.29, 1.82) is 0 Å². The summed E-state index contributed by atoms with van der Waals surface area (Å²) in [6, 6.07) is 3.03. The van der Waals surface area contributed by atoms with E-state index >= 15 is 0 Å². The van der Waals surface area contributed by atoms with E-state index in [9.17, 15) is 12.8 Å². The average Bonchev–Trinajstić information content (AvgIpc) is 2.60. The van der Waals surface area contributed by atoms with Gasteiger partial charge >= 0.3 is 0 Å². The second kappa shape index (κ2) is 5.92. The van der Waals surface area contributed by atoms with Gasteiger partial charge in [-0.1, -0.05) is 0 Å². The normalized spacial score (nSPS) is 12.2. The molecule has 9 heteroatoms. The van der Waals surface area contributed by atoms with Gasteiger partial charge in [0.1, 0.15) is 5.82 Å². The molecule has 1 aromatic heterocycles. The molecule has 0 spiro atoms. The van der Waals surface area contributed by atoms with Crippen molar-refractivity contribution >= 4 is 49.2 Å². The smallest absolute Gasteiger partial charge is 0.208 e. The van der Waals surface area contributed by atoms with Crippen molar-refractivity contribution < 1.29 is 12.8 Å². The minimum absolute atomic E-state index is 0.312. The van der Waals surface area contributed by atoms with Gasteiger partial charge in [0.25, 0.3) is 0 Å². The zero-order valence-electron chi connectivity index (χ0n) is 10.6. The quantitative estimate of drug-likeness (QED) is 0.617. The summed E-state index contributed by atoms with van der Waals surface area (Å²) in [5, 5.41) is 0. The lowest BCUT2D eigenvalue weighted by atomic mass is 10.3. The van der Waals surface area contributed by atoms with Crippen LogP contribution < -0.4 is 4.72 Å². The third-order valence-electron chi connectivity index (χ3n) is 2.74. The van der Waals surface area contributed by atoms with E-state index < -0.39 is 10.0 Å². The van der Waals surface area contributed by atoms with Gasteiger partial charge in [0.05, 0.1) is 21.8 Å². The van der Waals surface area contributed by atoms with Crippen LogP contribution in [-0.4, -0.2) is 30.8 Å². The fourth-order valence-electron chi connectivity index (χ4n) is 1.87. The third kappa shape index (κ3) is 3.66. The van der Waals surface area contributed by atoms with Gasteiger partial charge in [-0.15, -0.1) is 0 Å². The molecule has 0 aliphatic carbocycles. The highest BCUT2D eigenvalue weighted by Gasteiger charge is 2.09. The first-order chi connectivity index (χ1) is 9.28. The molecule has 2 N–H and O–H groups in total. The molecule has 0 fully saturated rings. The molecular formula is C11H13BrFN3O2S2. The maximum atomic E-state index is 13.6. The van der Waals surface area contributed by atoms with Crippen LogP contribution >= 0.6 is 28.1 Å². The van der Waals surface area contributed by atoms with Crippen LogP contribution in [-0.2, 0) is 16.6 Å². The molecule has 0 atom stereocenters. The number of sulfonamides is 1. The highest BCUT2D eigenvalue weighted by molar-refractivity contribution is 9.10. The van der Waals surface area contributed by atoms with Crippen LogP contribution in [0.15, 0.2) is 16.6 Å². The van der Waals surface area contributed by atoms with Gasteiger partial charge in [0.15, 0.2) is 4.77 Å². The largest absolute Gasteiger partial charge is 0.331 e. The highest BCUT2D eigenvalue weighted by atomic mass is 79.9. The van der Waals surface area contributed by atoms with E-state index in [0.717, 1.165) is 11.8 Å². The predicted octanol–water partition coefficient (Wildman–Crippen LogP) is 2.54. The Labute approximate surface area is 129 Å². The highest BCUT2D eigenvalue weighted by Crippen LogP contribution is 2.23. The number of hydrogen-bond donors (Lipinski definition) is 2. The average molecular weight is 382 g/mol. The fraction of sp³-hybridized carbons (Fsp3) is 0.364. The minimum Gasteiger partial charge on any atom is -0.331 e. The molecule has 0 unspecified atom stereocenters. The zero-order valence-corrected chi connectivity index (χ0v) is 13.8. The number of benzene rings is 1. The van der Waals surface area contributed by atoms with Gasteiger partial charge in [-0.05, 0) is 40.6 Å². The number of fused-ring (bicyclic) bond motifs is 1. The van der Waals surface area contributed by atoms with Crippen molar-refractivity contribution in [2.45, 2.75) is 13.0 Å². The van der Waals surface area contributed by atoms with Crippen molar-refractivity contribution in [3.8, 4) is 0 Å². The Hall–Kier alpha value is -0.770. The molecule has 2 aromatic rings. The summed E-state index contributed by atoms with van der Waals surface area (Å²) >= 11 is 8.31. The number of hydrogen-bond acceptors (Lipinski definition) is 3. The molecule has 110 valence electrons. The Balaban J connectivity index is 2.20. The maximum Gasteiger partial charge on any atom is 0.208 e. The molecule has 2 rings (SSSR count). The lowest BCUT2D eigenvalue weighted by Crippen LogP contribution is -2.23. The second-order valence-corrected chi connectivity index (χ2v) is 7.46. The van der Waals surface area contributed by atoms with Crippen LogP contribution in [0.4, 0.5) is 4.39 Å². The number of imidazole rings is 1. The SMILES string of the molecule is CS(=O)(=O)NCCCn1c(=S)[nH]c2cc(Br)c(F)cc21. The molecule has 0 aliphatic rings. The zero-order chi connectivity index (χ0) is 14.9. The van der Waals surface area contributed by atoms with Gasteiger partial charge in [0, 0.05) is 19.2 Å². The van der Waals surface area contributed by atoms with E-state index in [2.05, 4.69) is 25.6 Å². The molecule has 1 aromatic carbocycles. The van der Waals surface area contributed by atoms with Crippen LogP contribution in [0.2, 0.25) is 0 Å². The van der Waals surface area contributed by atoms with Crippen LogP contribution in [0.5, 0.6) is 0 Å². The van der Waals surface area contributed by atoms with Gasteiger partial charge in [-0.25, -0.2) is 17.5 Å². The van der Waals surface area contributed by atoms with Crippen LogP contribution in [0.1, 0.15) is 6.42 Å². The maximum absolute atomic E-state index is 13.6. The van der Waals surface area contributed by atoms with Gasteiger partial charge in [-0.2, -0.15) is 0 Å². The predicted molar refractivity (Wildman–Crippen MR) is 82.2 cm³/mol. The van der Waals surface area contributed by atoms with Crippen molar-refractivity contribution in [2.75, 3.05) is 12.8 Å². The number of aromatic nitrogens is 2. The van der Waals surface area contributed by atoms with E-state index in [0.29, 0.717) is 34.3 Å². The fourth-order valence-corrected chi connectivity index (χ4v) is 3.03. The van der Waals surface area contributed by atoms with E-state index in [1.54, 1.807) is 10.6 Å². The Bertz CT molecular complexity index is 798. The van der Waals surface area contributed by atoms with Crippen LogP contribution in [0.25, 0.3) is 11.0 Å². The van der Waals surface area contributed by atoms with Crippen LogP contribution in [0.3, 0.4) is 0 Å². The van der Waals surface area contributed by atoms with E-state index in [-0.39, 0.29) is 5.82 Å². The summed E-state index contributed by atoms with van der Waals surface area (Å²) in [5.74, 6) is -0.366. The molecular weight excluding hydrogens is 369 g/mol. The molecule has 20 heavy (non-hydrogen) atoms. The first-order valence-corrected chi connectivity index (χ1v) is 8.89. The summed E-state index contributed by atoms with van der Waals surface area (Å²) in [6.07, 6.45) is 1.67. The molecule has 0 radical (unpaired) electrons. The molecule has 0 saturated heterocycles. The summed E-state index contributed by atoms with van der Waals surface area (Å²) in [4.78, 5) is 2.99. The Kier molecular flexibility index (Phi) is 4.62. The van der Waals surface area contributed by atoms with Crippen molar-refractivity contribution in [1.82, 2.24) is 14.3 Å². The third-order valence-corrected chi connectivity index (χ3v) is 4.40. The first-order valence-electron chi connectivity index (χ1n) is 5.80. The molecule has 0 saturated carbocycles. The Morgan fingerprint density at radius 1 is 1.50 bits per heavy atom. The lowest BCUT2D eigenvalue weighted by Gasteiger charge is -2.05. The van der Waals surface area contributed by atoms with Crippen molar-refractivity contribution in [3.05, 3.63) is 27.2 Å². The monoisotopic (exact) mass is 381 g/mol. The summed E-state index contributed by atoms with van der Waals surface area (Å²) in [7, 11) is -3.19. The number of aromatic amines is 1. The van der Waals surface area contributed by atoms with Gasteiger partial charge in [-0.3, -0.25) is 0 Å². The second-order valence-electron chi connectivity index (χ2n) is 4.39. The number of halogens is 2. The number of nitrogens with zero attached hydrogens (tertiary/aromatic N) is 1. The first kappa shape index (κ1) is 15.6. The Morgan fingerprint density at radius 3 is 2.85 bits per heavy atom. The lowest BCUT2D eigenvalue weighted by molar-refractivity contribution is 0.576. The van der Waals surface area contributed by atoms with E-state index in [4.69, 9.17) is 12.2 Å². The minimum atomic E-state index is -3.19. The van der Waals surface area contributed by atoms with Gasteiger partial charge < -0.3 is 9.55 Å². The molecule has 5 nitrogen and oxygen atoms in total. The van der Waals surface area contributed by atoms with Gasteiger partial charge in [0.2, 0.25) is 10.0 Å². The summed E-state index contributed by atoms with van der Waals surface area (Å²) in [5.41, 5.74) is 1.40. The molecule has 1 heterocycles. The standard InChI is InChI=1S/C11H13BrFN3O2S2/c1-20(17,18)14-3-2-4-16-10-6-8(13)7(12)5-9(10)15-11(16)19/h5-6,14H,2-4H2,1H3,(H,15,19). The number of rotatable bonds is 5.